The molecule has 0 spiro atoms. The smallest absolute Gasteiger partial charge is 0.315 e. The highest BCUT2D eigenvalue weighted by molar-refractivity contribution is 7.90. The molecule has 1 fully saturated rings. The van der Waals surface area contributed by atoms with Crippen LogP contribution in [0, 0.1) is 11.8 Å². The summed E-state index contributed by atoms with van der Waals surface area (Å²) in [6.45, 7) is 0. The maximum Gasteiger partial charge on any atom is 0.391 e. The van der Waals surface area contributed by atoms with E-state index in [4.69, 9.17) is 0 Å². The zero-order valence-corrected chi connectivity index (χ0v) is 14.3. The van der Waals surface area contributed by atoms with Gasteiger partial charge < -0.3 is 4.90 Å². The van der Waals surface area contributed by atoms with E-state index < -0.39 is 27.8 Å². The third-order valence-corrected chi connectivity index (χ3v) is 5.60. The molecule has 0 aromatic heterocycles. The molecule has 4 nitrogen and oxygen atoms in total. The van der Waals surface area contributed by atoms with E-state index >= 15 is 0 Å². The van der Waals surface area contributed by atoms with Crippen LogP contribution in [0.1, 0.15) is 25.7 Å². The Balaban J connectivity index is 2.11. The third kappa shape index (κ3) is 4.28. The number of hydrogen-bond donors (Lipinski definition) is 0. The zero-order valence-electron chi connectivity index (χ0n) is 13.5. The Morgan fingerprint density at radius 2 is 1.75 bits per heavy atom. The number of benzene rings is 1. The SMILES string of the molecule is CN(C(=O)C1CCCC(C(F)(F)F)C1)c1ccc(S(C)(=O)=O)cc1. The topological polar surface area (TPSA) is 54.5 Å². The standard InChI is InChI=1S/C16H20F3NO3S/c1-20(13-6-8-14(9-7-13)24(2,22)23)15(21)11-4-3-5-12(10-11)16(17,18)19/h6-9,11-12H,3-5,10H2,1-2H3. The van der Waals surface area contributed by atoms with Gasteiger partial charge in [-0.05, 0) is 43.5 Å². The number of rotatable bonds is 3. The quantitative estimate of drug-likeness (QED) is 0.827. The molecule has 1 aliphatic rings. The number of anilines is 1. The van der Waals surface area contributed by atoms with Gasteiger partial charge in [0.05, 0.1) is 10.8 Å². The number of amides is 1. The lowest BCUT2D eigenvalue weighted by molar-refractivity contribution is -0.186. The van der Waals surface area contributed by atoms with Crippen molar-refractivity contribution in [1.29, 1.82) is 0 Å². The average Bonchev–Trinajstić information content (AvgIpc) is 2.52. The van der Waals surface area contributed by atoms with E-state index in [1.807, 2.05) is 0 Å². The molecule has 0 aliphatic heterocycles. The summed E-state index contributed by atoms with van der Waals surface area (Å²) in [7, 11) is -1.84. The fraction of sp³-hybridized carbons (Fsp3) is 0.562. The molecule has 2 rings (SSSR count). The average molecular weight is 363 g/mol. The maximum absolute atomic E-state index is 12.9. The van der Waals surface area contributed by atoms with Gasteiger partial charge in [0.2, 0.25) is 5.91 Å². The van der Waals surface area contributed by atoms with Crippen molar-refractivity contribution in [2.45, 2.75) is 36.8 Å². The Labute approximate surface area is 139 Å². The second-order valence-corrected chi connectivity index (χ2v) is 8.28. The molecule has 0 saturated heterocycles. The number of sulfone groups is 1. The van der Waals surface area contributed by atoms with Gasteiger partial charge >= 0.3 is 6.18 Å². The zero-order chi connectivity index (χ0) is 18.1. The minimum absolute atomic E-state index is 0.0695. The molecular formula is C16H20F3NO3S. The van der Waals surface area contributed by atoms with Crippen LogP contribution in [0.4, 0.5) is 18.9 Å². The first-order valence-corrected chi connectivity index (χ1v) is 9.53. The number of carbonyl (C=O) groups excluding carboxylic acids is 1. The van der Waals surface area contributed by atoms with E-state index in [1.54, 1.807) is 0 Å². The van der Waals surface area contributed by atoms with E-state index in [0.29, 0.717) is 18.5 Å². The molecule has 0 heterocycles. The summed E-state index contributed by atoms with van der Waals surface area (Å²) < 4.78 is 61.5. The van der Waals surface area contributed by atoms with Crippen LogP contribution in [0.15, 0.2) is 29.2 Å². The summed E-state index contributed by atoms with van der Waals surface area (Å²) in [5.41, 5.74) is 0.460. The summed E-state index contributed by atoms with van der Waals surface area (Å²) in [6.07, 6.45) is -2.49. The van der Waals surface area contributed by atoms with Crippen LogP contribution in [0.3, 0.4) is 0 Å². The summed E-state index contributed by atoms with van der Waals surface area (Å²) in [5, 5.41) is 0. The van der Waals surface area contributed by atoms with Crippen LogP contribution in [0.2, 0.25) is 0 Å². The highest BCUT2D eigenvalue weighted by Crippen LogP contribution is 2.40. The van der Waals surface area contributed by atoms with Gasteiger partial charge in [0.15, 0.2) is 9.84 Å². The van der Waals surface area contributed by atoms with Crippen molar-refractivity contribution in [1.82, 2.24) is 0 Å². The molecule has 1 aliphatic carbocycles. The molecule has 1 aromatic carbocycles. The molecule has 24 heavy (non-hydrogen) atoms. The molecule has 8 heteroatoms. The fourth-order valence-electron chi connectivity index (χ4n) is 3.03. The predicted molar refractivity (Wildman–Crippen MR) is 84.5 cm³/mol. The van der Waals surface area contributed by atoms with Gasteiger partial charge in [-0.1, -0.05) is 6.42 Å². The normalized spacial score (nSPS) is 22.2. The second kappa shape index (κ2) is 6.74. The summed E-state index contributed by atoms with van der Waals surface area (Å²) >= 11 is 0. The van der Waals surface area contributed by atoms with Crippen molar-refractivity contribution in [3.63, 3.8) is 0 Å². The first-order valence-electron chi connectivity index (χ1n) is 7.64. The maximum atomic E-state index is 12.9. The lowest BCUT2D eigenvalue weighted by Gasteiger charge is -2.32. The molecule has 0 radical (unpaired) electrons. The predicted octanol–water partition coefficient (Wildman–Crippen LogP) is 3.42. The van der Waals surface area contributed by atoms with Gasteiger partial charge in [0, 0.05) is 24.9 Å². The van der Waals surface area contributed by atoms with Crippen LogP contribution < -0.4 is 4.90 Å². The number of hydrogen-bond acceptors (Lipinski definition) is 3. The molecule has 0 bridgehead atoms. The highest BCUT2D eigenvalue weighted by atomic mass is 32.2. The van der Waals surface area contributed by atoms with Crippen molar-refractivity contribution >= 4 is 21.4 Å². The molecule has 134 valence electrons. The van der Waals surface area contributed by atoms with Crippen molar-refractivity contribution in [2.24, 2.45) is 11.8 Å². The first kappa shape index (κ1) is 18.8. The first-order chi connectivity index (χ1) is 11.0. The Morgan fingerprint density at radius 1 is 1.17 bits per heavy atom. The van der Waals surface area contributed by atoms with Crippen LogP contribution >= 0.6 is 0 Å². The summed E-state index contributed by atoms with van der Waals surface area (Å²) in [6, 6.07) is 5.73. The van der Waals surface area contributed by atoms with E-state index in [-0.39, 0.29) is 23.6 Å². The van der Waals surface area contributed by atoms with Gasteiger partial charge in [-0.15, -0.1) is 0 Å². The van der Waals surface area contributed by atoms with Gasteiger partial charge in [0.1, 0.15) is 0 Å². The largest absolute Gasteiger partial charge is 0.391 e. The van der Waals surface area contributed by atoms with Crippen LogP contribution in [-0.2, 0) is 14.6 Å². The van der Waals surface area contributed by atoms with E-state index in [9.17, 15) is 26.4 Å². The lowest BCUT2D eigenvalue weighted by Crippen LogP contribution is -2.38. The minimum atomic E-state index is -4.27. The second-order valence-electron chi connectivity index (χ2n) is 6.27. The molecule has 2 unspecified atom stereocenters. The molecule has 2 atom stereocenters. The molecule has 0 N–H and O–H groups in total. The monoisotopic (exact) mass is 363 g/mol. The Bertz CT molecular complexity index is 698. The molecule has 1 saturated carbocycles. The van der Waals surface area contributed by atoms with Gasteiger partial charge in [-0.3, -0.25) is 4.79 Å². The molecule has 1 amide bonds. The Kier molecular flexibility index (Phi) is 5.27. The summed E-state index contributed by atoms with van der Waals surface area (Å²) in [4.78, 5) is 13.9. The van der Waals surface area contributed by atoms with Crippen LogP contribution in [-0.4, -0.2) is 33.8 Å². The van der Waals surface area contributed by atoms with Crippen LogP contribution in [0.25, 0.3) is 0 Å². The highest BCUT2D eigenvalue weighted by Gasteiger charge is 2.44. The van der Waals surface area contributed by atoms with E-state index in [2.05, 4.69) is 0 Å². The third-order valence-electron chi connectivity index (χ3n) is 4.47. The minimum Gasteiger partial charge on any atom is -0.315 e. The number of alkyl halides is 3. The lowest BCUT2D eigenvalue weighted by atomic mass is 9.80. The summed E-state index contributed by atoms with van der Waals surface area (Å²) in [5.74, 6) is -2.46. The van der Waals surface area contributed by atoms with Gasteiger partial charge in [-0.25, -0.2) is 8.42 Å². The van der Waals surface area contributed by atoms with Crippen molar-refractivity contribution in [3.05, 3.63) is 24.3 Å². The molecule has 1 aromatic rings. The Morgan fingerprint density at radius 3 is 2.25 bits per heavy atom. The van der Waals surface area contributed by atoms with E-state index in [0.717, 1.165) is 6.26 Å². The number of carbonyl (C=O) groups is 1. The van der Waals surface area contributed by atoms with Gasteiger partial charge in [-0.2, -0.15) is 13.2 Å². The van der Waals surface area contributed by atoms with E-state index in [1.165, 1.54) is 36.2 Å². The van der Waals surface area contributed by atoms with Crippen molar-refractivity contribution in [3.8, 4) is 0 Å². The van der Waals surface area contributed by atoms with Gasteiger partial charge in [0.25, 0.3) is 0 Å². The van der Waals surface area contributed by atoms with Crippen molar-refractivity contribution < 1.29 is 26.4 Å². The Hall–Kier alpha value is -1.57. The van der Waals surface area contributed by atoms with Crippen molar-refractivity contribution in [2.75, 3.05) is 18.2 Å². The van der Waals surface area contributed by atoms with Crippen LogP contribution in [0.5, 0.6) is 0 Å². The molecular weight excluding hydrogens is 343 g/mol. The number of nitrogens with zero attached hydrogens (tertiary/aromatic N) is 1. The fourth-order valence-corrected chi connectivity index (χ4v) is 3.66. The number of halogens is 3.